The highest BCUT2D eigenvalue weighted by molar-refractivity contribution is 5.81. The summed E-state index contributed by atoms with van der Waals surface area (Å²) in [5.41, 5.74) is 1.85. The van der Waals surface area contributed by atoms with E-state index in [0.29, 0.717) is 0 Å². The predicted octanol–water partition coefficient (Wildman–Crippen LogP) is 1.43. The minimum atomic E-state index is 0.286. The molecule has 2 aliphatic heterocycles. The van der Waals surface area contributed by atoms with Gasteiger partial charge in [-0.3, -0.25) is 4.90 Å². The van der Waals surface area contributed by atoms with Crippen molar-refractivity contribution in [2.24, 2.45) is 0 Å². The number of nitrogens with one attached hydrogen (secondary N) is 2. The highest BCUT2D eigenvalue weighted by atomic mass is 16.7. The molecule has 118 valence electrons. The van der Waals surface area contributed by atoms with Gasteiger partial charge in [-0.05, 0) is 13.0 Å². The molecule has 0 unspecified atom stereocenters. The second kappa shape index (κ2) is 6.02. The summed E-state index contributed by atoms with van der Waals surface area (Å²) < 4.78 is 16.1. The van der Waals surface area contributed by atoms with Crippen LogP contribution >= 0.6 is 0 Å². The van der Waals surface area contributed by atoms with E-state index in [1.54, 1.807) is 0 Å². The zero-order chi connectivity index (χ0) is 14.8. The maximum absolute atomic E-state index is 5.38. The second-order valence-electron chi connectivity index (χ2n) is 5.54. The predicted molar refractivity (Wildman–Crippen MR) is 82.6 cm³/mol. The van der Waals surface area contributed by atoms with Gasteiger partial charge in [-0.1, -0.05) is 0 Å². The summed E-state index contributed by atoms with van der Waals surface area (Å²) in [6.07, 6.45) is 1.08. The summed E-state index contributed by atoms with van der Waals surface area (Å²) in [5.74, 6) is 2.33. The Bertz CT molecular complexity index is 611. The highest BCUT2D eigenvalue weighted by Gasteiger charge is 2.16. The van der Waals surface area contributed by atoms with Crippen LogP contribution in [0.2, 0.25) is 0 Å². The number of aromatic nitrogens is 2. The first kappa shape index (κ1) is 13.7. The normalized spacial score (nSPS) is 18.0. The van der Waals surface area contributed by atoms with Crippen LogP contribution in [0.5, 0.6) is 11.5 Å². The largest absolute Gasteiger partial charge is 0.454 e. The minimum absolute atomic E-state index is 0.286. The molecule has 7 heteroatoms. The number of H-pyrrole nitrogens is 1. The molecule has 0 radical (unpaired) electrons. The molecule has 1 aromatic carbocycles. The number of hydrogen-bond donors (Lipinski definition) is 2. The Labute approximate surface area is 128 Å². The fourth-order valence-corrected chi connectivity index (χ4v) is 2.82. The van der Waals surface area contributed by atoms with Gasteiger partial charge in [0.1, 0.15) is 0 Å². The van der Waals surface area contributed by atoms with Gasteiger partial charge in [0, 0.05) is 31.8 Å². The molecule has 4 rings (SSSR count). The lowest BCUT2D eigenvalue weighted by molar-refractivity contribution is 0.0378. The molecule has 2 N–H and O–H groups in total. The maximum atomic E-state index is 5.38. The number of aromatic amines is 1. The molecule has 0 aliphatic carbocycles. The van der Waals surface area contributed by atoms with Crippen LogP contribution in [0.1, 0.15) is 6.42 Å². The molecule has 2 aliphatic rings. The smallest absolute Gasteiger partial charge is 0.231 e. The number of anilines is 1. The number of fused-ring (bicyclic) bond motifs is 2. The van der Waals surface area contributed by atoms with Crippen molar-refractivity contribution in [1.82, 2.24) is 14.9 Å². The Balaban J connectivity index is 1.32. The number of morpholine rings is 1. The van der Waals surface area contributed by atoms with Crippen LogP contribution in [-0.2, 0) is 4.74 Å². The van der Waals surface area contributed by atoms with Crippen molar-refractivity contribution < 1.29 is 14.2 Å². The minimum Gasteiger partial charge on any atom is -0.454 e. The fourth-order valence-electron chi connectivity index (χ4n) is 2.82. The number of ether oxygens (including phenoxy) is 3. The van der Waals surface area contributed by atoms with E-state index in [9.17, 15) is 0 Å². The zero-order valence-corrected chi connectivity index (χ0v) is 12.4. The number of nitrogens with zero attached hydrogens (tertiary/aromatic N) is 2. The van der Waals surface area contributed by atoms with Crippen LogP contribution in [-0.4, -0.2) is 61.1 Å². The average molecular weight is 304 g/mol. The third-order valence-corrected chi connectivity index (χ3v) is 4.02. The van der Waals surface area contributed by atoms with Gasteiger partial charge in [0.15, 0.2) is 11.5 Å². The van der Waals surface area contributed by atoms with Gasteiger partial charge < -0.3 is 24.5 Å². The highest BCUT2D eigenvalue weighted by Crippen LogP contribution is 2.35. The molecule has 0 spiro atoms. The van der Waals surface area contributed by atoms with Crippen molar-refractivity contribution in [3.63, 3.8) is 0 Å². The van der Waals surface area contributed by atoms with E-state index < -0.39 is 0 Å². The molecule has 0 amide bonds. The van der Waals surface area contributed by atoms with Gasteiger partial charge in [0.25, 0.3) is 0 Å². The fraction of sp³-hybridized carbons (Fsp3) is 0.533. The number of imidazole rings is 1. The van der Waals surface area contributed by atoms with Crippen LogP contribution in [0.3, 0.4) is 0 Å². The van der Waals surface area contributed by atoms with Crippen LogP contribution in [0.15, 0.2) is 12.1 Å². The van der Waals surface area contributed by atoms with Crippen molar-refractivity contribution >= 4 is 17.0 Å². The van der Waals surface area contributed by atoms with Crippen molar-refractivity contribution in [2.75, 3.05) is 51.5 Å². The SMILES string of the molecule is c1c2c(cc3[nH]c(NCCCN4CCOCC4)nc13)OCO2. The topological polar surface area (TPSA) is 71.6 Å². The molecule has 0 saturated carbocycles. The maximum Gasteiger partial charge on any atom is 0.231 e. The third-order valence-electron chi connectivity index (χ3n) is 4.02. The van der Waals surface area contributed by atoms with E-state index in [1.165, 1.54) is 0 Å². The number of rotatable bonds is 5. The molecule has 7 nitrogen and oxygen atoms in total. The van der Waals surface area contributed by atoms with E-state index in [0.717, 1.165) is 74.3 Å². The number of benzene rings is 1. The van der Waals surface area contributed by atoms with E-state index in [4.69, 9.17) is 14.2 Å². The first-order chi connectivity index (χ1) is 10.9. The Morgan fingerprint density at radius 2 is 2.00 bits per heavy atom. The molecule has 22 heavy (non-hydrogen) atoms. The van der Waals surface area contributed by atoms with Gasteiger partial charge >= 0.3 is 0 Å². The molecule has 0 bridgehead atoms. The summed E-state index contributed by atoms with van der Waals surface area (Å²) in [5, 5.41) is 3.34. The van der Waals surface area contributed by atoms with E-state index in [2.05, 4.69) is 20.2 Å². The Hall–Kier alpha value is -1.99. The summed E-state index contributed by atoms with van der Waals surface area (Å²) >= 11 is 0. The summed E-state index contributed by atoms with van der Waals surface area (Å²) in [7, 11) is 0. The zero-order valence-electron chi connectivity index (χ0n) is 12.4. The standard InChI is InChI=1S/C15H20N4O3/c1(3-19-4-6-20-7-5-19)2-16-15-17-11-8-13-14(22-10-21-13)9-12(11)18-15/h8-9H,1-7,10H2,(H2,16,17,18). The average Bonchev–Trinajstić information content (AvgIpc) is 3.15. The van der Waals surface area contributed by atoms with E-state index >= 15 is 0 Å². The number of hydrogen-bond acceptors (Lipinski definition) is 6. The van der Waals surface area contributed by atoms with Gasteiger partial charge in [0.05, 0.1) is 24.2 Å². The lowest BCUT2D eigenvalue weighted by Gasteiger charge is -2.26. The van der Waals surface area contributed by atoms with Crippen LogP contribution < -0.4 is 14.8 Å². The second-order valence-corrected chi connectivity index (χ2v) is 5.54. The molecule has 2 aromatic rings. The van der Waals surface area contributed by atoms with Crippen LogP contribution in [0.25, 0.3) is 11.0 Å². The van der Waals surface area contributed by atoms with Crippen molar-refractivity contribution in [2.45, 2.75) is 6.42 Å². The lowest BCUT2D eigenvalue weighted by atomic mass is 10.3. The molecule has 1 saturated heterocycles. The molecule has 3 heterocycles. The van der Waals surface area contributed by atoms with Crippen molar-refractivity contribution in [3.8, 4) is 11.5 Å². The third kappa shape index (κ3) is 2.82. The molecular formula is C15H20N4O3. The van der Waals surface area contributed by atoms with Crippen molar-refractivity contribution in [1.29, 1.82) is 0 Å². The summed E-state index contributed by atoms with van der Waals surface area (Å²) in [6, 6.07) is 3.84. The summed E-state index contributed by atoms with van der Waals surface area (Å²) in [6.45, 7) is 6.05. The lowest BCUT2D eigenvalue weighted by Crippen LogP contribution is -2.37. The molecular weight excluding hydrogens is 284 g/mol. The Morgan fingerprint density at radius 3 is 2.86 bits per heavy atom. The van der Waals surface area contributed by atoms with Gasteiger partial charge in [-0.25, -0.2) is 4.98 Å². The Morgan fingerprint density at radius 1 is 1.18 bits per heavy atom. The van der Waals surface area contributed by atoms with Crippen LogP contribution in [0, 0.1) is 0 Å². The first-order valence-corrected chi connectivity index (χ1v) is 7.72. The monoisotopic (exact) mass is 304 g/mol. The van der Waals surface area contributed by atoms with Crippen LogP contribution in [0.4, 0.5) is 5.95 Å². The van der Waals surface area contributed by atoms with Gasteiger partial charge in [-0.15, -0.1) is 0 Å². The quantitative estimate of drug-likeness (QED) is 0.814. The van der Waals surface area contributed by atoms with Gasteiger partial charge in [0.2, 0.25) is 12.7 Å². The van der Waals surface area contributed by atoms with E-state index in [1.807, 2.05) is 12.1 Å². The first-order valence-electron chi connectivity index (χ1n) is 7.72. The van der Waals surface area contributed by atoms with Crippen molar-refractivity contribution in [3.05, 3.63) is 12.1 Å². The molecule has 0 atom stereocenters. The summed E-state index contributed by atoms with van der Waals surface area (Å²) in [4.78, 5) is 10.2. The molecule has 1 aromatic heterocycles. The Kier molecular flexibility index (Phi) is 3.74. The molecule has 1 fully saturated rings. The van der Waals surface area contributed by atoms with Gasteiger partial charge in [-0.2, -0.15) is 0 Å². The van der Waals surface area contributed by atoms with E-state index in [-0.39, 0.29) is 6.79 Å².